The Bertz CT molecular complexity index is 600. The van der Waals surface area contributed by atoms with Crippen molar-refractivity contribution < 1.29 is 4.79 Å². The Balaban J connectivity index is 2.03. The van der Waals surface area contributed by atoms with Gasteiger partial charge in [-0.2, -0.15) is 0 Å². The number of amides is 1. The Morgan fingerprint density at radius 3 is 2.67 bits per heavy atom. The van der Waals surface area contributed by atoms with Gasteiger partial charge in [-0.05, 0) is 57.1 Å². The van der Waals surface area contributed by atoms with E-state index in [1.54, 1.807) is 11.3 Å². The Kier molecular flexibility index (Phi) is 5.53. The number of hydrogen-bond donors (Lipinski definition) is 2. The van der Waals surface area contributed by atoms with Crippen LogP contribution in [0.3, 0.4) is 0 Å². The normalized spacial score (nSPS) is 10.6. The monoisotopic (exact) mass is 302 g/mol. The molecule has 4 heteroatoms. The second-order valence-corrected chi connectivity index (χ2v) is 6.49. The van der Waals surface area contributed by atoms with Crippen molar-refractivity contribution in [3.8, 4) is 0 Å². The molecule has 2 N–H and O–H groups in total. The zero-order valence-electron chi connectivity index (χ0n) is 12.8. The lowest BCUT2D eigenvalue weighted by Gasteiger charge is -2.09. The van der Waals surface area contributed by atoms with Gasteiger partial charge in [0.1, 0.15) is 0 Å². The maximum Gasteiger partial charge on any atom is 0.251 e. The molecule has 21 heavy (non-hydrogen) atoms. The topological polar surface area (TPSA) is 41.1 Å². The lowest BCUT2D eigenvalue weighted by molar-refractivity contribution is 0.0950. The lowest BCUT2D eigenvalue weighted by atomic mass is 10.0. The van der Waals surface area contributed by atoms with Crippen molar-refractivity contribution in [2.45, 2.75) is 26.8 Å². The molecule has 0 aliphatic rings. The largest absolute Gasteiger partial charge is 0.347 e. The summed E-state index contributed by atoms with van der Waals surface area (Å²) < 4.78 is 0. The molecule has 0 aliphatic heterocycles. The van der Waals surface area contributed by atoms with Crippen LogP contribution in [0, 0.1) is 13.8 Å². The fourth-order valence-corrected chi connectivity index (χ4v) is 3.21. The van der Waals surface area contributed by atoms with E-state index in [1.807, 2.05) is 31.3 Å². The predicted molar refractivity (Wildman–Crippen MR) is 89.0 cm³/mol. The Hall–Kier alpha value is -1.65. The first kappa shape index (κ1) is 15.7. The van der Waals surface area contributed by atoms with Crippen molar-refractivity contribution in [1.82, 2.24) is 10.6 Å². The fourth-order valence-electron chi connectivity index (χ4n) is 2.22. The number of benzene rings is 1. The fraction of sp³-hybridized carbons (Fsp3) is 0.353. The van der Waals surface area contributed by atoms with Gasteiger partial charge in [0, 0.05) is 15.3 Å². The molecule has 2 aromatic rings. The molecule has 2 rings (SSSR count). The Morgan fingerprint density at radius 1 is 1.24 bits per heavy atom. The van der Waals surface area contributed by atoms with Gasteiger partial charge >= 0.3 is 0 Å². The van der Waals surface area contributed by atoms with Gasteiger partial charge in [0.15, 0.2) is 0 Å². The molecule has 0 saturated carbocycles. The third kappa shape index (κ3) is 4.16. The smallest absolute Gasteiger partial charge is 0.251 e. The van der Waals surface area contributed by atoms with Crippen LogP contribution < -0.4 is 10.6 Å². The molecular weight excluding hydrogens is 280 g/mol. The predicted octanol–water partition coefficient (Wildman–Crippen LogP) is 3.06. The molecule has 3 nitrogen and oxygen atoms in total. The van der Waals surface area contributed by atoms with E-state index in [4.69, 9.17) is 0 Å². The second-order valence-electron chi connectivity index (χ2n) is 5.15. The van der Waals surface area contributed by atoms with Gasteiger partial charge < -0.3 is 10.6 Å². The van der Waals surface area contributed by atoms with Crippen molar-refractivity contribution in [2.75, 3.05) is 13.6 Å². The molecule has 0 bridgehead atoms. The van der Waals surface area contributed by atoms with E-state index < -0.39 is 0 Å². The molecule has 1 aromatic heterocycles. The van der Waals surface area contributed by atoms with Crippen molar-refractivity contribution >= 4 is 17.2 Å². The molecular formula is C17H22N2OS. The van der Waals surface area contributed by atoms with Crippen LogP contribution in [-0.2, 0) is 13.0 Å². The molecule has 0 radical (unpaired) electrons. The van der Waals surface area contributed by atoms with Crippen LogP contribution in [0.15, 0.2) is 30.3 Å². The third-order valence-electron chi connectivity index (χ3n) is 3.55. The number of rotatable bonds is 6. The van der Waals surface area contributed by atoms with Crippen LogP contribution in [0.4, 0.5) is 0 Å². The molecule has 0 fully saturated rings. The zero-order chi connectivity index (χ0) is 15.2. The molecule has 0 spiro atoms. The van der Waals surface area contributed by atoms with Crippen LogP contribution >= 0.6 is 11.3 Å². The Labute approximate surface area is 130 Å². The van der Waals surface area contributed by atoms with E-state index in [-0.39, 0.29) is 5.91 Å². The maximum absolute atomic E-state index is 12.4. The quantitative estimate of drug-likeness (QED) is 0.861. The van der Waals surface area contributed by atoms with E-state index in [1.165, 1.54) is 15.3 Å². The average Bonchev–Trinajstić information content (AvgIpc) is 2.81. The summed E-state index contributed by atoms with van der Waals surface area (Å²) in [5, 5.41) is 6.14. The lowest BCUT2D eigenvalue weighted by Crippen LogP contribution is -2.24. The summed E-state index contributed by atoms with van der Waals surface area (Å²) in [6, 6.07) is 9.95. The number of nitrogens with one attached hydrogen (secondary N) is 2. The highest BCUT2D eigenvalue weighted by molar-refractivity contribution is 7.12. The average molecular weight is 302 g/mol. The zero-order valence-corrected chi connectivity index (χ0v) is 13.6. The summed E-state index contributed by atoms with van der Waals surface area (Å²) in [5.74, 6) is 0.00501. The minimum absolute atomic E-state index is 0.00501. The second kappa shape index (κ2) is 7.38. The first-order chi connectivity index (χ1) is 10.1. The molecule has 112 valence electrons. The van der Waals surface area contributed by atoms with Crippen LogP contribution in [-0.4, -0.2) is 19.5 Å². The summed E-state index contributed by atoms with van der Waals surface area (Å²) in [6.45, 7) is 5.68. The SMILES string of the molecule is CNCCc1ccccc1C(=O)NCc1cc(C)c(C)s1. The van der Waals surface area contributed by atoms with Crippen molar-refractivity contribution in [3.05, 3.63) is 56.8 Å². The van der Waals surface area contributed by atoms with E-state index in [2.05, 4.69) is 30.5 Å². The Morgan fingerprint density at radius 2 is 2.00 bits per heavy atom. The van der Waals surface area contributed by atoms with E-state index in [0.717, 1.165) is 24.1 Å². The van der Waals surface area contributed by atoms with Crippen LogP contribution in [0.1, 0.15) is 31.2 Å². The maximum atomic E-state index is 12.4. The molecule has 0 aliphatic carbocycles. The van der Waals surface area contributed by atoms with Crippen LogP contribution in [0.25, 0.3) is 0 Å². The van der Waals surface area contributed by atoms with Crippen LogP contribution in [0.5, 0.6) is 0 Å². The third-order valence-corrected chi connectivity index (χ3v) is 4.70. The highest BCUT2D eigenvalue weighted by Crippen LogP contribution is 2.20. The highest BCUT2D eigenvalue weighted by Gasteiger charge is 2.11. The summed E-state index contributed by atoms with van der Waals surface area (Å²) in [5.41, 5.74) is 3.15. The minimum atomic E-state index is 0.00501. The van der Waals surface area contributed by atoms with Crippen molar-refractivity contribution in [3.63, 3.8) is 0 Å². The van der Waals surface area contributed by atoms with Gasteiger partial charge in [-0.15, -0.1) is 11.3 Å². The number of carbonyl (C=O) groups excluding carboxylic acids is 1. The van der Waals surface area contributed by atoms with E-state index in [0.29, 0.717) is 6.54 Å². The summed E-state index contributed by atoms with van der Waals surface area (Å²) in [4.78, 5) is 14.9. The molecule has 0 atom stereocenters. The highest BCUT2D eigenvalue weighted by atomic mass is 32.1. The van der Waals surface area contributed by atoms with Gasteiger partial charge in [0.25, 0.3) is 5.91 Å². The van der Waals surface area contributed by atoms with Crippen molar-refractivity contribution in [2.24, 2.45) is 0 Å². The van der Waals surface area contributed by atoms with Gasteiger partial charge in [-0.3, -0.25) is 4.79 Å². The standard InChI is InChI=1S/C17H22N2OS/c1-12-10-15(21-13(12)2)11-19-17(20)16-7-5-4-6-14(16)8-9-18-3/h4-7,10,18H,8-9,11H2,1-3H3,(H,19,20). The van der Waals surface area contributed by atoms with Gasteiger partial charge in [0.05, 0.1) is 6.54 Å². The van der Waals surface area contributed by atoms with Gasteiger partial charge in [-0.25, -0.2) is 0 Å². The van der Waals surface area contributed by atoms with Crippen LogP contribution in [0.2, 0.25) is 0 Å². The summed E-state index contributed by atoms with van der Waals surface area (Å²) in [6.07, 6.45) is 0.858. The van der Waals surface area contributed by atoms with Gasteiger partial charge in [0.2, 0.25) is 0 Å². The molecule has 1 aromatic carbocycles. The van der Waals surface area contributed by atoms with Gasteiger partial charge in [-0.1, -0.05) is 18.2 Å². The molecule has 1 amide bonds. The molecule has 1 heterocycles. The number of carbonyl (C=O) groups is 1. The molecule has 0 saturated heterocycles. The minimum Gasteiger partial charge on any atom is -0.347 e. The first-order valence-electron chi connectivity index (χ1n) is 7.18. The number of hydrogen-bond acceptors (Lipinski definition) is 3. The van der Waals surface area contributed by atoms with E-state index in [9.17, 15) is 4.79 Å². The first-order valence-corrected chi connectivity index (χ1v) is 8.00. The number of thiophene rings is 1. The number of aryl methyl sites for hydroxylation is 2. The summed E-state index contributed by atoms with van der Waals surface area (Å²) in [7, 11) is 1.92. The number of likely N-dealkylation sites (N-methyl/N-ethyl adjacent to an activating group) is 1. The van der Waals surface area contributed by atoms with E-state index >= 15 is 0 Å². The van der Waals surface area contributed by atoms with Crippen molar-refractivity contribution in [1.29, 1.82) is 0 Å². The summed E-state index contributed by atoms with van der Waals surface area (Å²) >= 11 is 1.74. The molecule has 0 unspecified atom stereocenters.